The molecule has 3 rings (SSSR count). The number of anilines is 2. The Bertz CT molecular complexity index is 829. The number of hydrogen-bond donors (Lipinski definition) is 0. The number of benzene rings is 1. The van der Waals surface area contributed by atoms with Crippen LogP contribution in [0.2, 0.25) is 0 Å². The second-order valence-corrected chi connectivity index (χ2v) is 9.78. The Morgan fingerprint density at radius 2 is 1.47 bits per heavy atom. The Hall–Kier alpha value is -2.25. The Balaban J connectivity index is 1.64. The number of likely N-dealkylation sites (N-methyl/N-ethyl adjacent to an activating group) is 1. The van der Waals surface area contributed by atoms with Gasteiger partial charge in [-0.25, -0.2) is 0 Å². The maximum absolute atomic E-state index is 3.71. The molecule has 0 amide bonds. The smallest absolute Gasteiger partial charge is 0.205 e. The van der Waals surface area contributed by atoms with E-state index in [4.69, 9.17) is 0 Å². The minimum absolute atomic E-state index is 0.954. The lowest BCUT2D eigenvalue weighted by molar-refractivity contribution is 0.525. The van der Waals surface area contributed by atoms with E-state index in [9.17, 15) is 0 Å². The average molecular weight is 435 g/mol. The lowest BCUT2D eigenvalue weighted by Crippen LogP contribution is -2.31. The van der Waals surface area contributed by atoms with Gasteiger partial charge in [0, 0.05) is 52.4 Å². The van der Waals surface area contributed by atoms with E-state index in [0.717, 1.165) is 18.7 Å². The van der Waals surface area contributed by atoms with Gasteiger partial charge in [0.2, 0.25) is 5.70 Å². The Kier molecular flexibility index (Phi) is 9.23. The van der Waals surface area contributed by atoms with Crippen LogP contribution in [-0.4, -0.2) is 39.6 Å². The van der Waals surface area contributed by atoms with Crippen LogP contribution in [0.15, 0.2) is 47.3 Å². The fourth-order valence-corrected chi connectivity index (χ4v) is 4.89. The van der Waals surface area contributed by atoms with E-state index in [-0.39, 0.29) is 0 Å². The first-order valence-corrected chi connectivity index (χ1v) is 12.8. The highest BCUT2D eigenvalue weighted by Crippen LogP contribution is 2.40. The molecule has 3 heteroatoms. The van der Waals surface area contributed by atoms with Crippen LogP contribution in [-0.2, 0) is 6.42 Å². The molecule has 2 aliphatic rings. The predicted molar refractivity (Wildman–Crippen MR) is 140 cm³/mol. The highest BCUT2D eigenvalue weighted by Gasteiger charge is 2.33. The normalized spacial score (nSPS) is 14.7. The Morgan fingerprint density at radius 1 is 0.812 bits per heavy atom. The maximum Gasteiger partial charge on any atom is 0.205 e. The van der Waals surface area contributed by atoms with Crippen LogP contribution in [0.3, 0.4) is 0 Å². The van der Waals surface area contributed by atoms with Crippen LogP contribution in [0.5, 0.6) is 0 Å². The third-order valence-electron chi connectivity index (χ3n) is 6.75. The summed E-state index contributed by atoms with van der Waals surface area (Å²) in [5.41, 5.74) is 7.97. The highest BCUT2D eigenvalue weighted by molar-refractivity contribution is 5.75. The van der Waals surface area contributed by atoms with Crippen molar-refractivity contribution >= 4 is 11.4 Å². The summed E-state index contributed by atoms with van der Waals surface area (Å²) < 4.78 is 0. The Labute approximate surface area is 197 Å². The first-order valence-electron chi connectivity index (χ1n) is 12.8. The zero-order valence-corrected chi connectivity index (χ0v) is 21.2. The van der Waals surface area contributed by atoms with Crippen LogP contribution in [0, 0.1) is 6.08 Å². The molecule has 0 saturated heterocycles. The molecule has 0 aromatic heterocycles. The van der Waals surface area contributed by atoms with Crippen molar-refractivity contribution in [1.29, 1.82) is 0 Å². The summed E-state index contributed by atoms with van der Waals surface area (Å²) in [7, 11) is 8.50. The fourth-order valence-electron chi connectivity index (χ4n) is 4.89. The standard InChI is InChI=1S/C29H44N3/c1-6-7-8-9-10-11-12-13-14-15-21-32-27-20-19-25(30(2)3)22-24(27)23-26-28(31(4)5)17-16-18-29(26)32/h16-20H,6-15,21,23H2,1-5H3/q+1. The van der Waals surface area contributed by atoms with E-state index in [1.165, 1.54) is 92.4 Å². The van der Waals surface area contributed by atoms with Gasteiger partial charge in [-0.05, 0) is 18.6 Å². The van der Waals surface area contributed by atoms with Gasteiger partial charge in [0.25, 0.3) is 0 Å². The van der Waals surface area contributed by atoms with Crippen molar-refractivity contribution in [2.45, 2.75) is 77.6 Å². The zero-order chi connectivity index (χ0) is 22.9. The number of rotatable bonds is 13. The highest BCUT2D eigenvalue weighted by atomic mass is 15.2. The predicted octanol–water partition coefficient (Wildman–Crippen LogP) is 7.11. The molecular formula is C29H44N3+. The van der Waals surface area contributed by atoms with Gasteiger partial charge >= 0.3 is 0 Å². The van der Waals surface area contributed by atoms with Crippen molar-refractivity contribution in [2.24, 2.45) is 0 Å². The van der Waals surface area contributed by atoms with E-state index < -0.39 is 0 Å². The zero-order valence-electron chi connectivity index (χ0n) is 21.2. The number of unbranched alkanes of at least 4 members (excludes halogenated alkanes) is 9. The van der Waals surface area contributed by atoms with Crippen molar-refractivity contribution in [3.05, 3.63) is 59.0 Å². The molecule has 3 nitrogen and oxygen atoms in total. The number of hydrogen-bond acceptors (Lipinski definition) is 3. The molecule has 1 heterocycles. The van der Waals surface area contributed by atoms with Crippen molar-refractivity contribution in [3.8, 4) is 0 Å². The summed E-state index contributed by atoms with van der Waals surface area (Å²) >= 11 is 0. The van der Waals surface area contributed by atoms with E-state index in [1.807, 2.05) is 0 Å². The molecule has 0 atom stereocenters. The third kappa shape index (κ3) is 6.17. The number of fused-ring (bicyclic) bond motifs is 1. The molecule has 174 valence electrons. The molecule has 0 bridgehead atoms. The molecule has 0 saturated carbocycles. The molecule has 0 spiro atoms. The lowest BCUT2D eigenvalue weighted by Gasteiger charge is -2.32. The summed E-state index contributed by atoms with van der Waals surface area (Å²) in [6.07, 6.45) is 22.9. The van der Waals surface area contributed by atoms with Crippen LogP contribution in [0.1, 0.15) is 76.7 Å². The first-order chi connectivity index (χ1) is 15.5. The van der Waals surface area contributed by atoms with Crippen LogP contribution < -0.4 is 9.80 Å². The largest absolute Gasteiger partial charge is 0.377 e. The molecule has 0 N–H and O–H groups in total. The molecule has 0 fully saturated rings. The molecule has 1 aliphatic carbocycles. The van der Waals surface area contributed by atoms with Crippen molar-refractivity contribution in [1.82, 2.24) is 4.90 Å². The van der Waals surface area contributed by atoms with Gasteiger partial charge in [0.15, 0.2) is 5.70 Å². The van der Waals surface area contributed by atoms with Gasteiger partial charge in [0.05, 0.1) is 23.9 Å². The minimum atomic E-state index is 0.954. The quantitative estimate of drug-likeness (QED) is 0.242. The SMILES string of the molecule is CCCCCCCCCCCCN1C2=C([C+]=C(N(C)C)C=C2)Cc2c(N(C)C)cccc21. The van der Waals surface area contributed by atoms with Gasteiger partial charge < -0.3 is 9.80 Å². The summed E-state index contributed by atoms with van der Waals surface area (Å²) in [5.74, 6) is 0. The monoisotopic (exact) mass is 434 g/mol. The molecule has 0 unspecified atom stereocenters. The van der Waals surface area contributed by atoms with Gasteiger partial charge in [0.1, 0.15) is 5.57 Å². The summed E-state index contributed by atoms with van der Waals surface area (Å²) in [4.78, 5) is 6.96. The van der Waals surface area contributed by atoms with Crippen LogP contribution in [0.25, 0.3) is 0 Å². The molecule has 1 aromatic carbocycles. The van der Waals surface area contributed by atoms with Crippen molar-refractivity contribution < 1.29 is 0 Å². The molecule has 0 radical (unpaired) electrons. The van der Waals surface area contributed by atoms with Crippen molar-refractivity contribution in [2.75, 3.05) is 44.5 Å². The van der Waals surface area contributed by atoms with Crippen molar-refractivity contribution in [3.63, 3.8) is 0 Å². The lowest BCUT2D eigenvalue weighted by atomic mass is 9.90. The van der Waals surface area contributed by atoms with Gasteiger partial charge in [-0.1, -0.05) is 70.8 Å². The van der Waals surface area contributed by atoms with Gasteiger partial charge in [-0.2, -0.15) is 0 Å². The van der Waals surface area contributed by atoms with Gasteiger partial charge in [-0.15, -0.1) is 0 Å². The topological polar surface area (TPSA) is 9.72 Å². The minimum Gasteiger partial charge on any atom is -0.377 e. The van der Waals surface area contributed by atoms with Gasteiger partial charge in [-0.3, -0.25) is 4.90 Å². The van der Waals surface area contributed by atoms with E-state index in [2.05, 4.69) is 86.2 Å². The first kappa shape index (κ1) is 24.4. The summed E-state index contributed by atoms with van der Waals surface area (Å²) in [6.45, 7) is 3.38. The second kappa shape index (κ2) is 12.1. The molecule has 32 heavy (non-hydrogen) atoms. The molecular weight excluding hydrogens is 390 g/mol. The molecule has 1 aromatic rings. The number of allylic oxidation sites excluding steroid dienone is 4. The summed E-state index contributed by atoms with van der Waals surface area (Å²) in [5, 5.41) is 0. The van der Waals surface area contributed by atoms with Crippen LogP contribution in [0.4, 0.5) is 11.4 Å². The second-order valence-electron chi connectivity index (χ2n) is 9.78. The third-order valence-corrected chi connectivity index (χ3v) is 6.75. The maximum atomic E-state index is 3.71. The van der Waals surface area contributed by atoms with E-state index >= 15 is 0 Å². The van der Waals surface area contributed by atoms with E-state index in [1.54, 1.807) is 0 Å². The average Bonchev–Trinajstić information content (AvgIpc) is 2.78. The number of nitrogens with zero attached hydrogens (tertiary/aromatic N) is 3. The van der Waals surface area contributed by atoms with Crippen LogP contribution >= 0.6 is 0 Å². The molecule has 1 aliphatic heterocycles. The fraction of sp³-hybridized carbons (Fsp3) is 0.586. The van der Waals surface area contributed by atoms with E-state index in [0.29, 0.717) is 0 Å². The summed E-state index contributed by atoms with van der Waals surface area (Å²) in [6, 6.07) is 6.77. The Morgan fingerprint density at radius 3 is 2.09 bits per heavy atom.